The van der Waals surface area contributed by atoms with E-state index in [1.165, 1.54) is 0 Å². The van der Waals surface area contributed by atoms with Crippen molar-refractivity contribution in [2.45, 2.75) is 58.5 Å². The van der Waals surface area contributed by atoms with Crippen LogP contribution < -0.4 is 5.11 Å². The van der Waals surface area contributed by atoms with E-state index in [4.69, 9.17) is 14.3 Å². The summed E-state index contributed by atoms with van der Waals surface area (Å²) in [5.74, 6) is -0.844. The number of aliphatic hydroxyl groups excluding tert-OH is 1. The summed E-state index contributed by atoms with van der Waals surface area (Å²) in [6, 6.07) is 13.7. The number of carboxylic acid groups (broad SMARTS) is 1. The first-order valence-corrected chi connectivity index (χ1v) is 9.92. The smallest absolute Gasteiger partial charge is 0.430 e. The van der Waals surface area contributed by atoms with Crippen LogP contribution >= 0.6 is 0 Å². The Morgan fingerprint density at radius 2 is 1.38 bits per heavy atom. The first-order valence-electron chi connectivity index (χ1n) is 9.92. The monoisotopic (exact) mass is 450 g/mol. The van der Waals surface area contributed by atoms with Gasteiger partial charge in [0.1, 0.15) is 11.7 Å². The Balaban J connectivity index is 0.000000633. The highest BCUT2D eigenvalue weighted by atomic mass is 19.4. The van der Waals surface area contributed by atoms with Gasteiger partial charge in [-0.05, 0) is 53.2 Å². The van der Waals surface area contributed by atoms with Gasteiger partial charge in [0, 0.05) is 17.7 Å². The molecule has 0 amide bonds. The average molecular weight is 450 g/mol. The van der Waals surface area contributed by atoms with Crippen molar-refractivity contribution in [3.63, 3.8) is 0 Å². The van der Waals surface area contributed by atoms with Crippen LogP contribution in [-0.4, -0.2) is 17.3 Å². The van der Waals surface area contributed by atoms with Crippen LogP contribution in [0.3, 0.4) is 0 Å². The summed E-state index contributed by atoms with van der Waals surface area (Å²) < 4.78 is 37.7. The minimum atomic E-state index is -5.19. The van der Waals surface area contributed by atoms with Gasteiger partial charge in [0.25, 0.3) is 0 Å². The zero-order valence-electron chi connectivity index (χ0n) is 19.1. The number of alkyl halides is 3. The number of benzene rings is 1. The van der Waals surface area contributed by atoms with Crippen LogP contribution in [0, 0.1) is 0 Å². The highest BCUT2D eigenvalue weighted by Crippen LogP contribution is 2.30. The predicted molar refractivity (Wildman–Crippen MR) is 118 cm³/mol. The van der Waals surface area contributed by atoms with E-state index < -0.39 is 12.1 Å². The summed E-state index contributed by atoms with van der Waals surface area (Å²) in [7, 11) is 0. The molecule has 1 N–H and O–H groups in total. The first-order chi connectivity index (χ1) is 14.5. The molecule has 1 aromatic carbocycles. The summed E-state index contributed by atoms with van der Waals surface area (Å²) >= 11 is 0. The fraction of sp³-hybridized carbons (Fsp3) is 0.360. The van der Waals surface area contributed by atoms with Crippen molar-refractivity contribution >= 4 is 17.8 Å². The van der Waals surface area contributed by atoms with Gasteiger partial charge in [0.15, 0.2) is 0 Å². The third-order valence-electron chi connectivity index (χ3n) is 4.14. The molecule has 32 heavy (non-hydrogen) atoms. The van der Waals surface area contributed by atoms with Gasteiger partial charge in [-0.25, -0.2) is 4.42 Å². The second kappa shape index (κ2) is 10.5. The number of carboxylic acids is 1. The SMILES string of the molecule is CC(C)(C)c1cc(/C=C/C=C(/O)c2ccccc2)cc(C(C)(C)C)[o+]1.O=C([O-])C(F)(F)F. The molecule has 0 unspecified atom stereocenters. The Bertz CT molecular complexity index is 929. The molecule has 0 spiro atoms. The summed E-state index contributed by atoms with van der Waals surface area (Å²) in [5, 5.41) is 18.9. The zero-order chi connectivity index (χ0) is 24.7. The third-order valence-corrected chi connectivity index (χ3v) is 4.14. The second-order valence-corrected chi connectivity index (χ2v) is 9.18. The van der Waals surface area contributed by atoms with E-state index in [0.717, 1.165) is 22.6 Å². The van der Waals surface area contributed by atoms with Crippen LogP contribution in [0.2, 0.25) is 0 Å². The Kier molecular flexibility index (Phi) is 8.83. The van der Waals surface area contributed by atoms with Crippen LogP contribution in [-0.2, 0) is 15.6 Å². The van der Waals surface area contributed by atoms with Crippen molar-refractivity contribution in [3.8, 4) is 0 Å². The van der Waals surface area contributed by atoms with Crippen molar-refractivity contribution in [3.05, 3.63) is 77.3 Å². The average Bonchev–Trinajstić information content (AvgIpc) is 2.66. The van der Waals surface area contributed by atoms with E-state index in [-0.39, 0.29) is 16.6 Å². The van der Waals surface area contributed by atoms with E-state index in [1.54, 1.807) is 6.08 Å². The maximum Gasteiger partial charge on any atom is 0.430 e. The van der Waals surface area contributed by atoms with Crippen LogP contribution in [0.1, 0.15) is 64.2 Å². The lowest BCUT2D eigenvalue weighted by atomic mass is 9.88. The van der Waals surface area contributed by atoms with Crippen molar-refractivity contribution in [1.82, 2.24) is 0 Å². The molecule has 0 saturated heterocycles. The zero-order valence-corrected chi connectivity index (χ0v) is 19.1. The van der Waals surface area contributed by atoms with Crippen molar-refractivity contribution in [2.75, 3.05) is 0 Å². The number of carbonyl (C=O) groups excluding carboxylic acids is 1. The molecular weight excluding hydrogens is 421 g/mol. The number of carbonyl (C=O) groups is 1. The normalized spacial score (nSPS) is 13.0. The molecule has 2 aromatic rings. The molecule has 174 valence electrons. The Morgan fingerprint density at radius 1 is 0.938 bits per heavy atom. The summed E-state index contributed by atoms with van der Waals surface area (Å²) in [5.41, 5.74) is 1.75. The number of aliphatic carboxylic acids is 1. The Morgan fingerprint density at radius 3 is 1.75 bits per heavy atom. The molecule has 1 heterocycles. The number of rotatable bonds is 3. The standard InChI is InChI=1S/C23H28O2.C2HF3O2/c1-22(2,3)20-15-17(16-21(25-20)23(4,5)6)11-10-14-19(24)18-12-8-7-9-13-18;3-2(4,5)1(6)7/h7-16H,1-6H3;(H,6,7)/b11-10+,19-14+;. The van der Waals surface area contributed by atoms with Gasteiger partial charge in [-0.2, -0.15) is 13.2 Å². The van der Waals surface area contributed by atoms with E-state index in [1.807, 2.05) is 42.5 Å². The molecule has 0 fully saturated rings. The number of hydrogen-bond donors (Lipinski definition) is 1. The topological polar surface area (TPSA) is 71.7 Å². The molecule has 0 bridgehead atoms. The molecule has 4 nitrogen and oxygen atoms in total. The number of allylic oxidation sites excluding steroid dienone is 2. The van der Waals surface area contributed by atoms with Gasteiger partial charge >= 0.3 is 17.7 Å². The molecule has 0 aliphatic carbocycles. The van der Waals surface area contributed by atoms with Crippen LogP contribution in [0.4, 0.5) is 13.2 Å². The lowest BCUT2D eigenvalue weighted by Crippen LogP contribution is -2.37. The number of aliphatic hydroxyl groups is 1. The van der Waals surface area contributed by atoms with Crippen molar-refractivity contribution in [2.24, 2.45) is 0 Å². The summed E-state index contributed by atoms with van der Waals surface area (Å²) in [6.45, 7) is 12.9. The molecular formula is C25H29F3O4. The Hall–Kier alpha value is -3.09. The van der Waals surface area contributed by atoms with E-state index in [2.05, 4.69) is 53.7 Å². The van der Waals surface area contributed by atoms with E-state index in [0.29, 0.717) is 0 Å². The number of halogens is 3. The molecule has 7 heteroatoms. The quantitative estimate of drug-likeness (QED) is 0.350. The van der Waals surface area contributed by atoms with E-state index >= 15 is 0 Å². The summed E-state index contributed by atoms with van der Waals surface area (Å²) in [4.78, 5) is 8.78. The lowest BCUT2D eigenvalue weighted by Gasteiger charge is -2.14. The maximum absolute atomic E-state index is 10.5. The molecule has 0 atom stereocenters. The van der Waals surface area contributed by atoms with Crippen LogP contribution in [0.15, 0.2) is 59.0 Å². The van der Waals surface area contributed by atoms with Crippen LogP contribution in [0.25, 0.3) is 11.8 Å². The predicted octanol–water partition coefficient (Wildman–Crippen LogP) is 6.07. The molecule has 0 aliphatic rings. The molecule has 2 rings (SSSR count). The molecule has 1 aromatic heterocycles. The molecule has 0 radical (unpaired) electrons. The highest BCUT2D eigenvalue weighted by molar-refractivity contribution is 5.70. The van der Waals surface area contributed by atoms with Gasteiger partial charge in [-0.3, -0.25) is 0 Å². The Labute approximate surface area is 186 Å². The molecule has 0 aliphatic heterocycles. The molecule has 0 saturated carbocycles. The first kappa shape index (κ1) is 26.9. The van der Waals surface area contributed by atoms with Gasteiger partial charge in [0.2, 0.25) is 0 Å². The maximum atomic E-state index is 10.5. The second-order valence-electron chi connectivity index (χ2n) is 9.18. The van der Waals surface area contributed by atoms with Gasteiger partial charge < -0.3 is 15.0 Å². The minimum absolute atomic E-state index is 0.0636. The number of hydrogen-bond acceptors (Lipinski definition) is 3. The van der Waals surface area contributed by atoms with Gasteiger partial charge in [-0.1, -0.05) is 42.5 Å². The van der Waals surface area contributed by atoms with E-state index in [9.17, 15) is 18.3 Å². The fourth-order valence-corrected chi connectivity index (χ4v) is 2.31. The minimum Gasteiger partial charge on any atom is -0.542 e. The summed E-state index contributed by atoms with van der Waals surface area (Å²) in [6.07, 6.45) is 0.392. The van der Waals surface area contributed by atoms with Gasteiger partial charge in [0.05, 0.1) is 10.8 Å². The van der Waals surface area contributed by atoms with Crippen molar-refractivity contribution < 1.29 is 32.6 Å². The van der Waals surface area contributed by atoms with Crippen molar-refractivity contribution in [1.29, 1.82) is 0 Å². The fourth-order valence-electron chi connectivity index (χ4n) is 2.31. The highest BCUT2D eigenvalue weighted by Gasteiger charge is 2.33. The van der Waals surface area contributed by atoms with Gasteiger partial charge in [-0.15, -0.1) is 0 Å². The third kappa shape index (κ3) is 8.96. The van der Waals surface area contributed by atoms with Crippen LogP contribution in [0.5, 0.6) is 0 Å². The lowest BCUT2D eigenvalue weighted by molar-refractivity contribution is -0.344. The largest absolute Gasteiger partial charge is 0.542 e.